The molecule has 94 valence electrons. The van der Waals surface area contributed by atoms with Crippen molar-refractivity contribution in [1.82, 2.24) is 5.32 Å². The summed E-state index contributed by atoms with van der Waals surface area (Å²) in [5, 5.41) is 1.94. The third kappa shape index (κ3) is 2.02. The molecule has 1 N–H and O–H groups in total. The average Bonchev–Trinajstić information content (AvgIpc) is 2.30. The second kappa shape index (κ2) is 4.44. The largest absolute Gasteiger partial charge is 0.497 e. The average molecular weight is 252 g/mol. The molecule has 6 nitrogen and oxygen atoms in total. The molecular weight excluding hydrogens is 243 g/mol. The van der Waals surface area contributed by atoms with Crippen LogP contribution in [0.2, 0.25) is 0 Å². The Bertz CT molecular complexity index is 524. The molecule has 0 bridgehead atoms. The zero-order valence-electron chi connectivity index (χ0n) is 9.40. The number of carbonyl (C=O) groups excluding carboxylic acids is 3. The first-order valence-corrected chi connectivity index (χ1v) is 5.03. The second-order valence-electron chi connectivity index (χ2n) is 3.58. The number of benzene rings is 1. The summed E-state index contributed by atoms with van der Waals surface area (Å²) in [6.07, 6.45) is -0.498. The Morgan fingerprint density at radius 1 is 1.33 bits per heavy atom. The van der Waals surface area contributed by atoms with Gasteiger partial charge >= 0.3 is 6.03 Å². The number of imide groups is 2. The Morgan fingerprint density at radius 3 is 2.67 bits per heavy atom. The molecule has 1 aromatic carbocycles. The number of nitrogens with one attached hydrogen (secondary N) is 1. The van der Waals surface area contributed by atoms with Crippen LogP contribution in [0.1, 0.15) is 6.42 Å². The van der Waals surface area contributed by atoms with Crippen molar-refractivity contribution >= 4 is 23.5 Å². The van der Waals surface area contributed by atoms with Crippen LogP contribution in [-0.4, -0.2) is 25.0 Å². The monoisotopic (exact) mass is 252 g/mol. The van der Waals surface area contributed by atoms with Gasteiger partial charge in [-0.1, -0.05) is 0 Å². The van der Waals surface area contributed by atoms with Gasteiger partial charge in [0, 0.05) is 6.07 Å². The lowest BCUT2D eigenvalue weighted by atomic mass is 10.2. The molecule has 0 saturated carbocycles. The molecule has 0 aromatic heterocycles. The minimum atomic E-state index is -0.969. The number of hydrogen-bond donors (Lipinski definition) is 1. The summed E-state index contributed by atoms with van der Waals surface area (Å²) < 4.78 is 18.5. The SMILES string of the molecule is COc1ccc(F)c(N2C(=O)CC(=O)NC2=O)c1. The second-order valence-corrected chi connectivity index (χ2v) is 3.58. The van der Waals surface area contributed by atoms with Gasteiger partial charge < -0.3 is 4.74 Å². The van der Waals surface area contributed by atoms with Crippen LogP contribution in [0.25, 0.3) is 0 Å². The Balaban J connectivity index is 2.44. The van der Waals surface area contributed by atoms with Crippen molar-refractivity contribution in [3.8, 4) is 5.75 Å². The van der Waals surface area contributed by atoms with E-state index in [2.05, 4.69) is 0 Å². The molecule has 1 aromatic rings. The van der Waals surface area contributed by atoms with E-state index >= 15 is 0 Å². The Hall–Kier alpha value is -2.44. The Labute approximate surface area is 101 Å². The number of rotatable bonds is 2. The van der Waals surface area contributed by atoms with Crippen LogP contribution in [0.3, 0.4) is 0 Å². The molecule has 0 radical (unpaired) electrons. The topological polar surface area (TPSA) is 75.7 Å². The molecule has 2 rings (SSSR count). The van der Waals surface area contributed by atoms with E-state index < -0.39 is 30.1 Å². The lowest BCUT2D eigenvalue weighted by Gasteiger charge is -2.25. The first-order chi connectivity index (χ1) is 8.52. The molecule has 1 aliphatic heterocycles. The number of barbiturate groups is 1. The van der Waals surface area contributed by atoms with Gasteiger partial charge in [0.1, 0.15) is 18.0 Å². The number of anilines is 1. The zero-order valence-corrected chi connectivity index (χ0v) is 9.40. The minimum absolute atomic E-state index is 0.246. The molecule has 1 saturated heterocycles. The molecule has 1 heterocycles. The van der Waals surface area contributed by atoms with Gasteiger partial charge in [-0.15, -0.1) is 0 Å². The lowest BCUT2D eigenvalue weighted by molar-refractivity contribution is -0.128. The normalized spacial score (nSPS) is 15.7. The molecular formula is C11H9FN2O4. The van der Waals surface area contributed by atoms with Gasteiger partial charge in [0.2, 0.25) is 11.8 Å². The van der Waals surface area contributed by atoms with Crippen LogP contribution >= 0.6 is 0 Å². The fourth-order valence-corrected chi connectivity index (χ4v) is 1.58. The van der Waals surface area contributed by atoms with E-state index in [-0.39, 0.29) is 5.69 Å². The maximum Gasteiger partial charge on any atom is 0.335 e. The van der Waals surface area contributed by atoms with Crippen molar-refractivity contribution < 1.29 is 23.5 Å². The summed E-state index contributed by atoms with van der Waals surface area (Å²) in [6, 6.07) is 2.67. The number of hydrogen-bond acceptors (Lipinski definition) is 4. The molecule has 0 spiro atoms. The van der Waals surface area contributed by atoms with Crippen molar-refractivity contribution in [2.24, 2.45) is 0 Å². The van der Waals surface area contributed by atoms with Gasteiger partial charge in [-0.2, -0.15) is 0 Å². The quantitative estimate of drug-likeness (QED) is 0.790. The van der Waals surface area contributed by atoms with Crippen molar-refractivity contribution in [2.45, 2.75) is 6.42 Å². The molecule has 0 atom stereocenters. The van der Waals surface area contributed by atoms with Gasteiger partial charge in [-0.05, 0) is 12.1 Å². The third-order valence-electron chi connectivity index (χ3n) is 2.40. The van der Waals surface area contributed by atoms with E-state index in [4.69, 9.17) is 4.74 Å². The van der Waals surface area contributed by atoms with Gasteiger partial charge in [0.15, 0.2) is 0 Å². The number of nitrogens with zero attached hydrogens (tertiary/aromatic N) is 1. The molecule has 18 heavy (non-hydrogen) atoms. The third-order valence-corrected chi connectivity index (χ3v) is 2.40. The van der Waals surface area contributed by atoms with E-state index in [1.54, 1.807) is 0 Å². The van der Waals surface area contributed by atoms with E-state index in [1.165, 1.54) is 19.2 Å². The maximum atomic E-state index is 13.6. The Kier molecular flexibility index (Phi) is 2.97. The first-order valence-electron chi connectivity index (χ1n) is 5.03. The number of amides is 4. The van der Waals surface area contributed by atoms with Gasteiger partial charge in [0.25, 0.3) is 0 Å². The number of ether oxygens (including phenoxy) is 1. The predicted octanol–water partition coefficient (Wildman–Crippen LogP) is 0.807. The van der Waals surface area contributed by atoms with Crippen LogP contribution in [0, 0.1) is 5.82 Å². The smallest absolute Gasteiger partial charge is 0.335 e. The summed E-state index contributed by atoms with van der Waals surface area (Å²) in [5.41, 5.74) is -0.246. The predicted molar refractivity (Wildman–Crippen MR) is 58.6 cm³/mol. The summed E-state index contributed by atoms with van der Waals surface area (Å²) in [5.74, 6) is -1.95. The van der Waals surface area contributed by atoms with Crippen LogP contribution in [-0.2, 0) is 9.59 Å². The van der Waals surface area contributed by atoms with Crippen molar-refractivity contribution in [1.29, 1.82) is 0 Å². The number of halogens is 1. The first kappa shape index (κ1) is 12.0. The maximum absolute atomic E-state index is 13.6. The molecule has 0 unspecified atom stereocenters. The standard InChI is InChI=1S/C11H9FN2O4/c1-18-6-2-3-7(12)8(4-6)14-10(16)5-9(15)13-11(14)17/h2-4H,5H2,1H3,(H,13,15,17). The molecule has 7 heteroatoms. The molecule has 1 fully saturated rings. The number of methoxy groups -OCH3 is 1. The minimum Gasteiger partial charge on any atom is -0.497 e. The molecule has 0 aliphatic carbocycles. The summed E-state index contributed by atoms with van der Waals surface area (Å²) in [7, 11) is 1.37. The molecule has 1 aliphatic rings. The van der Waals surface area contributed by atoms with Crippen molar-refractivity contribution in [3.63, 3.8) is 0 Å². The van der Waals surface area contributed by atoms with Crippen molar-refractivity contribution in [2.75, 3.05) is 12.0 Å². The summed E-state index contributed by atoms with van der Waals surface area (Å²) in [6.45, 7) is 0. The lowest BCUT2D eigenvalue weighted by Crippen LogP contribution is -2.53. The summed E-state index contributed by atoms with van der Waals surface area (Å²) in [4.78, 5) is 34.7. The highest BCUT2D eigenvalue weighted by Crippen LogP contribution is 2.26. The number of urea groups is 1. The van der Waals surface area contributed by atoms with Crippen molar-refractivity contribution in [3.05, 3.63) is 24.0 Å². The highest BCUT2D eigenvalue weighted by molar-refractivity contribution is 6.26. The summed E-state index contributed by atoms with van der Waals surface area (Å²) >= 11 is 0. The van der Waals surface area contributed by atoms with Crippen LogP contribution < -0.4 is 15.0 Å². The Morgan fingerprint density at radius 2 is 2.06 bits per heavy atom. The molecule has 4 amide bonds. The van der Waals surface area contributed by atoms with E-state index in [0.717, 1.165) is 6.07 Å². The van der Waals surface area contributed by atoms with E-state index in [1.807, 2.05) is 5.32 Å². The fourth-order valence-electron chi connectivity index (χ4n) is 1.58. The van der Waals surface area contributed by atoms with Crippen LogP contribution in [0.4, 0.5) is 14.9 Å². The zero-order chi connectivity index (χ0) is 13.3. The van der Waals surface area contributed by atoms with Gasteiger partial charge in [0.05, 0.1) is 12.8 Å². The highest BCUT2D eigenvalue weighted by atomic mass is 19.1. The number of carbonyl (C=O) groups is 3. The van der Waals surface area contributed by atoms with Gasteiger partial charge in [-0.3, -0.25) is 14.9 Å². The highest BCUT2D eigenvalue weighted by Gasteiger charge is 2.33. The van der Waals surface area contributed by atoms with Crippen LogP contribution in [0.15, 0.2) is 18.2 Å². The van der Waals surface area contributed by atoms with Crippen LogP contribution in [0.5, 0.6) is 5.75 Å². The van der Waals surface area contributed by atoms with Gasteiger partial charge in [-0.25, -0.2) is 14.1 Å². The fraction of sp³-hybridized carbons (Fsp3) is 0.182. The van der Waals surface area contributed by atoms with E-state index in [9.17, 15) is 18.8 Å². The van der Waals surface area contributed by atoms with E-state index in [0.29, 0.717) is 10.6 Å².